The lowest BCUT2D eigenvalue weighted by Gasteiger charge is -2.15. The van der Waals surface area contributed by atoms with Crippen LogP contribution in [0.15, 0.2) is 42.5 Å². The van der Waals surface area contributed by atoms with Crippen molar-refractivity contribution in [2.75, 3.05) is 33.2 Å². The molecule has 0 aliphatic heterocycles. The minimum absolute atomic E-state index is 0.118. The molecule has 0 saturated heterocycles. The van der Waals surface area contributed by atoms with Gasteiger partial charge in [-0.25, -0.2) is 0 Å². The van der Waals surface area contributed by atoms with Crippen LogP contribution in [0.5, 0.6) is 11.5 Å². The van der Waals surface area contributed by atoms with Crippen LogP contribution < -0.4 is 14.4 Å². The fraction of sp³-hybridized carbons (Fsp3) is 0.235. The van der Waals surface area contributed by atoms with Crippen LogP contribution in [0.3, 0.4) is 0 Å². The first kappa shape index (κ1) is 14.9. The van der Waals surface area contributed by atoms with Crippen molar-refractivity contribution >= 4 is 11.5 Å². The van der Waals surface area contributed by atoms with Gasteiger partial charge in [0.1, 0.15) is 17.1 Å². The average Bonchev–Trinajstić information content (AvgIpc) is 2.53. The second-order valence-electron chi connectivity index (χ2n) is 4.81. The fourth-order valence-corrected chi connectivity index (χ4v) is 2.14. The summed E-state index contributed by atoms with van der Waals surface area (Å²) in [5.74, 6) is 0.900. The Balaban J connectivity index is 2.52. The second kappa shape index (κ2) is 6.31. The van der Waals surface area contributed by atoms with Gasteiger partial charge in [-0.1, -0.05) is 18.2 Å². The summed E-state index contributed by atoms with van der Waals surface area (Å²) in [5.41, 5.74) is 2.01. The topological polar surface area (TPSA) is 38.8 Å². The van der Waals surface area contributed by atoms with Gasteiger partial charge >= 0.3 is 0 Å². The molecule has 0 radical (unpaired) electrons. The molecule has 0 N–H and O–H groups in total. The predicted octanol–water partition coefficient (Wildman–Crippen LogP) is 3.00. The highest BCUT2D eigenvalue weighted by atomic mass is 16.5. The molecule has 0 unspecified atom stereocenters. The van der Waals surface area contributed by atoms with Crippen LogP contribution >= 0.6 is 0 Å². The Morgan fingerprint density at radius 1 is 0.952 bits per heavy atom. The summed E-state index contributed by atoms with van der Waals surface area (Å²) in [6, 6.07) is 12.8. The summed E-state index contributed by atoms with van der Waals surface area (Å²) in [6.07, 6.45) is 0. The summed E-state index contributed by atoms with van der Waals surface area (Å²) in [7, 11) is 6.96. The maximum atomic E-state index is 12.8. The van der Waals surface area contributed by atoms with E-state index in [0.717, 1.165) is 5.69 Å². The average molecular weight is 285 g/mol. The Labute approximate surface area is 124 Å². The molecule has 2 rings (SSSR count). The van der Waals surface area contributed by atoms with E-state index in [2.05, 4.69) is 0 Å². The number of hydrogen-bond donors (Lipinski definition) is 0. The van der Waals surface area contributed by atoms with Crippen molar-refractivity contribution < 1.29 is 14.3 Å². The minimum atomic E-state index is -0.118. The maximum Gasteiger partial charge on any atom is 0.200 e. The Morgan fingerprint density at radius 2 is 1.52 bits per heavy atom. The van der Waals surface area contributed by atoms with Gasteiger partial charge in [-0.3, -0.25) is 4.79 Å². The third-order valence-corrected chi connectivity index (χ3v) is 3.28. The quantitative estimate of drug-likeness (QED) is 0.792. The lowest BCUT2D eigenvalue weighted by molar-refractivity contribution is 0.103. The molecule has 0 saturated carbocycles. The Bertz CT molecular complexity index is 628. The predicted molar refractivity (Wildman–Crippen MR) is 83.7 cm³/mol. The van der Waals surface area contributed by atoms with Crippen molar-refractivity contribution in [3.63, 3.8) is 0 Å². The van der Waals surface area contributed by atoms with Gasteiger partial charge in [0.05, 0.1) is 14.2 Å². The zero-order valence-corrected chi connectivity index (χ0v) is 12.7. The van der Waals surface area contributed by atoms with Crippen LogP contribution in [0.25, 0.3) is 0 Å². The van der Waals surface area contributed by atoms with Crippen molar-refractivity contribution in [3.05, 3.63) is 53.6 Å². The van der Waals surface area contributed by atoms with E-state index in [1.807, 2.05) is 37.2 Å². The number of hydrogen-bond acceptors (Lipinski definition) is 4. The Hall–Kier alpha value is -2.49. The van der Waals surface area contributed by atoms with Gasteiger partial charge in [0.25, 0.3) is 0 Å². The molecule has 0 bridgehead atoms. The first-order valence-corrected chi connectivity index (χ1v) is 6.61. The number of anilines is 1. The lowest BCUT2D eigenvalue weighted by atomic mass is 10.0. The molecule has 21 heavy (non-hydrogen) atoms. The fourth-order valence-electron chi connectivity index (χ4n) is 2.14. The second-order valence-corrected chi connectivity index (χ2v) is 4.81. The van der Waals surface area contributed by atoms with E-state index in [-0.39, 0.29) is 5.78 Å². The van der Waals surface area contributed by atoms with E-state index in [0.29, 0.717) is 22.6 Å². The number of rotatable bonds is 5. The molecule has 4 heteroatoms. The third-order valence-electron chi connectivity index (χ3n) is 3.28. The summed E-state index contributed by atoms with van der Waals surface area (Å²) < 4.78 is 10.6. The van der Waals surface area contributed by atoms with Crippen LogP contribution in [0.1, 0.15) is 15.9 Å². The minimum Gasteiger partial charge on any atom is -0.496 e. The number of methoxy groups -OCH3 is 2. The number of nitrogens with zero attached hydrogens (tertiary/aromatic N) is 1. The van der Waals surface area contributed by atoms with E-state index >= 15 is 0 Å². The summed E-state index contributed by atoms with van der Waals surface area (Å²) in [5, 5.41) is 0. The summed E-state index contributed by atoms with van der Waals surface area (Å²) >= 11 is 0. The lowest BCUT2D eigenvalue weighted by Crippen LogP contribution is -2.11. The van der Waals surface area contributed by atoms with Crippen LogP contribution in [0.4, 0.5) is 5.69 Å². The normalized spacial score (nSPS) is 10.1. The largest absolute Gasteiger partial charge is 0.496 e. The smallest absolute Gasteiger partial charge is 0.200 e. The molecule has 4 nitrogen and oxygen atoms in total. The van der Waals surface area contributed by atoms with Crippen LogP contribution in [-0.4, -0.2) is 34.1 Å². The SMILES string of the molecule is COc1cccc(OC)c1C(=O)c1cccc(N(C)C)c1. The Kier molecular flexibility index (Phi) is 4.48. The van der Waals surface area contributed by atoms with Crippen molar-refractivity contribution in [1.82, 2.24) is 0 Å². The van der Waals surface area contributed by atoms with Gasteiger partial charge in [-0.15, -0.1) is 0 Å². The molecule has 0 heterocycles. The van der Waals surface area contributed by atoms with Gasteiger partial charge in [0.2, 0.25) is 5.78 Å². The van der Waals surface area contributed by atoms with Crippen molar-refractivity contribution in [2.24, 2.45) is 0 Å². The molecular formula is C17H19NO3. The molecule has 0 fully saturated rings. The van der Waals surface area contributed by atoms with Gasteiger partial charge < -0.3 is 14.4 Å². The maximum absolute atomic E-state index is 12.8. The van der Waals surface area contributed by atoms with Crippen molar-refractivity contribution in [3.8, 4) is 11.5 Å². The van der Waals surface area contributed by atoms with Crippen molar-refractivity contribution in [2.45, 2.75) is 0 Å². The molecule has 2 aromatic rings. The monoisotopic (exact) mass is 285 g/mol. The van der Waals surface area contributed by atoms with Crippen LogP contribution in [-0.2, 0) is 0 Å². The summed E-state index contributed by atoms with van der Waals surface area (Å²) in [4.78, 5) is 14.8. The number of benzene rings is 2. The zero-order valence-electron chi connectivity index (χ0n) is 12.7. The highest BCUT2D eigenvalue weighted by Gasteiger charge is 2.20. The third kappa shape index (κ3) is 2.99. The number of ether oxygens (including phenoxy) is 2. The van der Waals surface area contributed by atoms with Gasteiger partial charge in [-0.05, 0) is 24.3 Å². The van der Waals surface area contributed by atoms with E-state index in [1.165, 1.54) is 0 Å². The highest BCUT2D eigenvalue weighted by Crippen LogP contribution is 2.31. The highest BCUT2D eigenvalue weighted by molar-refractivity contribution is 6.12. The Morgan fingerprint density at radius 3 is 2.05 bits per heavy atom. The van der Waals surface area contributed by atoms with E-state index in [9.17, 15) is 4.79 Å². The van der Waals surface area contributed by atoms with E-state index in [4.69, 9.17) is 9.47 Å². The molecule has 2 aromatic carbocycles. The molecule has 0 spiro atoms. The number of carbonyl (C=O) groups excluding carboxylic acids is 1. The zero-order chi connectivity index (χ0) is 15.4. The van der Waals surface area contributed by atoms with Crippen molar-refractivity contribution in [1.29, 1.82) is 0 Å². The first-order chi connectivity index (χ1) is 10.1. The standard InChI is InChI=1S/C17H19NO3/c1-18(2)13-8-5-7-12(11-13)17(19)16-14(20-3)9-6-10-15(16)21-4/h5-11H,1-4H3. The van der Waals surface area contributed by atoms with E-state index in [1.54, 1.807) is 38.5 Å². The number of carbonyl (C=O) groups is 1. The van der Waals surface area contributed by atoms with Gasteiger partial charge in [-0.2, -0.15) is 0 Å². The molecule has 0 aliphatic rings. The molecule has 0 atom stereocenters. The number of ketones is 1. The molecular weight excluding hydrogens is 266 g/mol. The van der Waals surface area contributed by atoms with Gasteiger partial charge in [0, 0.05) is 25.3 Å². The summed E-state index contributed by atoms with van der Waals surface area (Å²) in [6.45, 7) is 0. The van der Waals surface area contributed by atoms with Crippen LogP contribution in [0.2, 0.25) is 0 Å². The molecule has 0 amide bonds. The first-order valence-electron chi connectivity index (χ1n) is 6.61. The molecule has 110 valence electrons. The van der Waals surface area contributed by atoms with Gasteiger partial charge in [0.15, 0.2) is 0 Å². The molecule has 0 aliphatic carbocycles. The van der Waals surface area contributed by atoms with E-state index < -0.39 is 0 Å². The van der Waals surface area contributed by atoms with Crippen LogP contribution in [0, 0.1) is 0 Å². The molecule has 0 aromatic heterocycles.